The molecule has 7 aromatic rings. The zero-order chi connectivity index (χ0) is 31.2. The third-order valence-electron chi connectivity index (χ3n) is 6.84. The van der Waals surface area contributed by atoms with Crippen LogP contribution < -0.4 is 0 Å². The van der Waals surface area contributed by atoms with Crippen LogP contribution in [0, 0.1) is 38.3 Å². The van der Waals surface area contributed by atoms with Gasteiger partial charge in [0, 0.05) is 51.2 Å². The zero-order valence-corrected chi connectivity index (χ0v) is 28.2. The summed E-state index contributed by atoms with van der Waals surface area (Å²) in [6, 6.07) is 28.2. The van der Waals surface area contributed by atoms with Crippen LogP contribution in [0.25, 0.3) is 54.7 Å². The normalized spacial score (nSPS) is 12.4. The molecule has 0 aliphatic rings. The van der Waals surface area contributed by atoms with E-state index in [1.165, 1.54) is 5.56 Å². The van der Waals surface area contributed by atoms with Gasteiger partial charge in [0.1, 0.15) is 0 Å². The fraction of sp³-hybridized carbons (Fsp3) is 0.216. The summed E-state index contributed by atoms with van der Waals surface area (Å²) in [5.41, 5.74) is 7.11. The molecule has 5 aromatic heterocycles. The fourth-order valence-electron chi connectivity index (χ4n) is 4.88. The molecule has 0 bridgehead atoms. The second-order valence-corrected chi connectivity index (χ2v) is 12.7. The molecular weight excluding hydrogens is 727 g/mol. The molecule has 219 valence electrons. The van der Waals surface area contributed by atoms with Gasteiger partial charge >= 0.3 is 0 Å². The molecule has 0 amide bonds. The van der Waals surface area contributed by atoms with Crippen molar-refractivity contribution in [2.45, 2.75) is 47.9 Å². The average molecular weight is 762 g/mol. The number of thiophene rings is 1. The molecule has 0 saturated heterocycles. The van der Waals surface area contributed by atoms with Crippen LogP contribution in [0.5, 0.6) is 0 Å². The minimum absolute atomic E-state index is 0. The molecule has 0 aliphatic heterocycles. The molecular formula is C37H33IrN3OS-2. The van der Waals surface area contributed by atoms with Crippen molar-refractivity contribution in [3.8, 4) is 22.5 Å². The van der Waals surface area contributed by atoms with Crippen molar-refractivity contribution in [3.63, 3.8) is 0 Å². The maximum Gasteiger partial charge on any atom is 0.216 e. The molecule has 7 rings (SSSR count). The van der Waals surface area contributed by atoms with Crippen molar-refractivity contribution in [1.82, 2.24) is 15.0 Å². The minimum atomic E-state index is -1.48. The van der Waals surface area contributed by atoms with Crippen molar-refractivity contribution >= 4 is 43.5 Å². The van der Waals surface area contributed by atoms with Gasteiger partial charge in [-0.15, -0.1) is 65.4 Å². The standard InChI is InChI=1S/C25H23N2OS.C12H10N.Ir/c1-14-9-10-17-16-7-6-8-18(23(16)28-24(17)27-14)21-11-19-20(12-25(3,4)5)15(2)29-22(19)13-26-21;1-10-7-8-12(13-9-10)11-5-3-2-4-6-11;/h6-7,9-11,13H,12H2,1-5H3;2-5,7-9H,1H3;/q2*-1;/i12D2;;. The van der Waals surface area contributed by atoms with Gasteiger partial charge in [0.2, 0.25) is 5.71 Å². The van der Waals surface area contributed by atoms with Gasteiger partial charge in [-0.25, -0.2) is 4.98 Å². The van der Waals surface area contributed by atoms with Gasteiger partial charge in [0.15, 0.2) is 0 Å². The first-order valence-corrected chi connectivity index (χ1v) is 14.8. The predicted octanol–water partition coefficient (Wildman–Crippen LogP) is 10.1. The summed E-state index contributed by atoms with van der Waals surface area (Å²) in [6.07, 6.45) is 2.23. The number of furan rings is 1. The number of benzene rings is 2. The molecule has 0 spiro atoms. The molecule has 2 aromatic carbocycles. The molecule has 1 radical (unpaired) electrons. The number of rotatable bonds is 3. The Bertz CT molecular complexity index is 2110. The Balaban J connectivity index is 0.000000240. The summed E-state index contributed by atoms with van der Waals surface area (Å²) in [6.45, 7) is 11.8. The van der Waals surface area contributed by atoms with Crippen molar-refractivity contribution in [2.24, 2.45) is 5.41 Å². The van der Waals surface area contributed by atoms with Crippen LogP contribution in [0.4, 0.5) is 0 Å². The molecule has 0 unspecified atom stereocenters. The van der Waals surface area contributed by atoms with Crippen molar-refractivity contribution in [2.75, 3.05) is 0 Å². The second-order valence-electron chi connectivity index (χ2n) is 11.5. The Morgan fingerprint density at radius 1 is 0.860 bits per heavy atom. The minimum Gasteiger partial charge on any atom is -0.486 e. The molecule has 0 aliphatic carbocycles. The first-order valence-electron chi connectivity index (χ1n) is 14.9. The van der Waals surface area contributed by atoms with E-state index in [1.807, 2.05) is 115 Å². The summed E-state index contributed by atoms with van der Waals surface area (Å²) in [5, 5.41) is 2.85. The van der Waals surface area contributed by atoms with Crippen LogP contribution in [0.1, 0.15) is 45.2 Å². The van der Waals surface area contributed by atoms with Crippen molar-refractivity contribution in [1.29, 1.82) is 0 Å². The van der Waals surface area contributed by atoms with Crippen molar-refractivity contribution in [3.05, 3.63) is 113 Å². The van der Waals surface area contributed by atoms with Gasteiger partial charge in [0.05, 0.1) is 10.3 Å². The first kappa shape index (κ1) is 28.1. The Morgan fingerprint density at radius 3 is 2.40 bits per heavy atom. The van der Waals surface area contributed by atoms with E-state index < -0.39 is 11.8 Å². The van der Waals surface area contributed by atoms with Crippen molar-refractivity contribution < 1.29 is 27.3 Å². The van der Waals surface area contributed by atoms with Crippen LogP contribution in [0.15, 0.2) is 83.5 Å². The number of aromatic nitrogens is 3. The molecule has 6 heteroatoms. The second kappa shape index (κ2) is 12.5. The molecule has 0 fully saturated rings. The predicted molar refractivity (Wildman–Crippen MR) is 175 cm³/mol. The van der Waals surface area contributed by atoms with E-state index in [0.717, 1.165) is 59.5 Å². The Kier molecular flexibility index (Phi) is 8.16. The van der Waals surface area contributed by atoms with Crippen LogP contribution in [0.3, 0.4) is 0 Å². The Morgan fingerprint density at radius 2 is 1.67 bits per heavy atom. The summed E-state index contributed by atoms with van der Waals surface area (Å²) in [7, 11) is 0. The largest absolute Gasteiger partial charge is 0.486 e. The summed E-state index contributed by atoms with van der Waals surface area (Å²) in [5.74, 6) is 0. The summed E-state index contributed by atoms with van der Waals surface area (Å²) in [4.78, 5) is 14.5. The smallest absolute Gasteiger partial charge is 0.216 e. The molecule has 0 saturated carbocycles. The SMILES string of the molecule is Cc1ccc(-c2[c-]cccc2)nc1.[2H]C([2H])(c1c(C)sc2cnc(-c3[c-]ccc4c3oc3nc(C)ccc34)cc12)C(C)(C)C.[Ir]. The molecule has 5 heterocycles. The Labute approximate surface area is 273 Å². The number of pyridine rings is 3. The molecule has 4 nitrogen and oxygen atoms in total. The topological polar surface area (TPSA) is 51.8 Å². The third kappa shape index (κ3) is 6.62. The molecule has 43 heavy (non-hydrogen) atoms. The number of nitrogens with zero attached hydrogens (tertiary/aromatic N) is 3. The van der Waals surface area contributed by atoms with Crippen LogP contribution in [0.2, 0.25) is 0 Å². The van der Waals surface area contributed by atoms with Gasteiger partial charge in [0.25, 0.3) is 0 Å². The van der Waals surface area contributed by atoms with E-state index >= 15 is 0 Å². The summed E-state index contributed by atoms with van der Waals surface area (Å²) >= 11 is 1.59. The average Bonchev–Trinajstić information content (AvgIpc) is 3.53. The van der Waals surface area contributed by atoms with E-state index in [0.29, 0.717) is 11.3 Å². The maximum absolute atomic E-state index is 8.88. The van der Waals surface area contributed by atoms with Gasteiger partial charge in [-0.3, -0.25) is 0 Å². The van der Waals surface area contributed by atoms with E-state index in [4.69, 9.17) is 7.16 Å². The van der Waals surface area contributed by atoms with Gasteiger partial charge in [-0.05, 0) is 72.6 Å². The number of hydrogen-bond acceptors (Lipinski definition) is 5. The molecule has 0 atom stereocenters. The fourth-order valence-corrected chi connectivity index (χ4v) is 5.85. The zero-order valence-electron chi connectivity index (χ0n) is 27.0. The van der Waals surface area contributed by atoms with E-state index in [2.05, 4.69) is 33.2 Å². The van der Waals surface area contributed by atoms with E-state index in [1.54, 1.807) is 11.3 Å². The first-order chi connectivity index (χ1) is 20.9. The van der Waals surface area contributed by atoms with Gasteiger partial charge in [-0.2, -0.15) is 0 Å². The number of hydrogen-bond donors (Lipinski definition) is 0. The molecule has 0 N–H and O–H groups in total. The number of aryl methyl sites for hydroxylation is 3. The quantitative estimate of drug-likeness (QED) is 0.168. The monoisotopic (exact) mass is 762 g/mol. The summed E-state index contributed by atoms with van der Waals surface area (Å²) < 4.78 is 24.9. The third-order valence-corrected chi connectivity index (χ3v) is 7.90. The van der Waals surface area contributed by atoms with E-state index in [-0.39, 0.29) is 20.1 Å². The van der Waals surface area contributed by atoms with Crippen LogP contribution in [-0.2, 0) is 26.5 Å². The maximum atomic E-state index is 8.88. The van der Waals surface area contributed by atoms with Crippen LogP contribution >= 0.6 is 11.3 Å². The van der Waals surface area contributed by atoms with Crippen LogP contribution in [-0.4, -0.2) is 15.0 Å². The van der Waals surface area contributed by atoms with Gasteiger partial charge in [-0.1, -0.05) is 49.9 Å². The number of fused-ring (bicyclic) bond motifs is 4. The Hall–Kier alpha value is -3.70. The van der Waals surface area contributed by atoms with E-state index in [9.17, 15) is 0 Å². The van der Waals surface area contributed by atoms with Gasteiger partial charge < -0.3 is 14.4 Å².